The van der Waals surface area contributed by atoms with Crippen LogP contribution in [0.4, 0.5) is 5.95 Å². The fourth-order valence-corrected chi connectivity index (χ4v) is 3.01. The van der Waals surface area contributed by atoms with Gasteiger partial charge in [-0.15, -0.1) is 0 Å². The van der Waals surface area contributed by atoms with Gasteiger partial charge in [-0.2, -0.15) is 0 Å². The second-order valence-corrected chi connectivity index (χ2v) is 6.02. The number of Topliss-reactive ketones (excluding diaryl/α,β-unsaturated/α-hetero) is 1. The molecular weight excluding hydrogens is 328 g/mol. The molecule has 1 aromatic carbocycles. The highest BCUT2D eigenvalue weighted by molar-refractivity contribution is 5.96. The third kappa shape index (κ3) is 2.75. The summed E-state index contributed by atoms with van der Waals surface area (Å²) >= 11 is 0. The van der Waals surface area contributed by atoms with Crippen molar-refractivity contribution in [1.82, 2.24) is 14.4 Å². The summed E-state index contributed by atoms with van der Waals surface area (Å²) in [5, 5.41) is 4.21. The van der Waals surface area contributed by atoms with Crippen molar-refractivity contribution in [3.63, 3.8) is 0 Å². The zero-order chi connectivity index (χ0) is 18.1. The summed E-state index contributed by atoms with van der Waals surface area (Å²) in [4.78, 5) is 20.9. The van der Waals surface area contributed by atoms with E-state index in [9.17, 15) is 4.79 Å². The van der Waals surface area contributed by atoms with Crippen LogP contribution in [0.2, 0.25) is 0 Å². The molecule has 0 aliphatic heterocycles. The number of pyridine rings is 1. The number of nitrogens with one attached hydrogen (secondary N) is 1. The van der Waals surface area contributed by atoms with Gasteiger partial charge in [0.25, 0.3) is 0 Å². The number of hydrogen-bond acceptors (Lipinski definition) is 5. The lowest BCUT2D eigenvalue weighted by Crippen LogP contribution is -2.10. The second-order valence-electron chi connectivity index (χ2n) is 6.02. The number of carbonyl (C=O) groups is 1. The predicted octanol–water partition coefficient (Wildman–Crippen LogP) is 3.71. The van der Waals surface area contributed by atoms with Gasteiger partial charge in [0, 0.05) is 19.7 Å². The lowest BCUT2D eigenvalue weighted by Gasteiger charge is -2.11. The van der Waals surface area contributed by atoms with Crippen LogP contribution < -0.4 is 10.1 Å². The molecule has 3 heterocycles. The lowest BCUT2D eigenvalue weighted by atomic mass is 10.2. The van der Waals surface area contributed by atoms with Gasteiger partial charge in [-0.3, -0.25) is 9.20 Å². The Hall–Kier alpha value is -3.41. The summed E-state index contributed by atoms with van der Waals surface area (Å²) in [6.07, 6.45) is 1.70. The van der Waals surface area contributed by atoms with Crippen LogP contribution >= 0.6 is 0 Å². The molecule has 1 N–H and O–H groups in total. The van der Waals surface area contributed by atoms with Crippen molar-refractivity contribution in [1.29, 1.82) is 0 Å². The molecule has 0 bridgehead atoms. The van der Waals surface area contributed by atoms with E-state index in [4.69, 9.17) is 4.74 Å². The molecule has 0 unspecified atom stereocenters. The van der Waals surface area contributed by atoms with E-state index < -0.39 is 0 Å². The Morgan fingerprint density at radius 2 is 2.00 bits per heavy atom. The van der Waals surface area contributed by atoms with E-state index in [0.29, 0.717) is 18.2 Å². The van der Waals surface area contributed by atoms with Crippen LogP contribution in [0, 0.1) is 0 Å². The summed E-state index contributed by atoms with van der Waals surface area (Å²) in [6.45, 7) is 2.11. The first-order valence-electron chi connectivity index (χ1n) is 8.31. The number of hydrogen-bond donors (Lipinski definition) is 1. The maximum Gasteiger partial charge on any atom is 0.210 e. The van der Waals surface area contributed by atoms with Crippen LogP contribution in [0.3, 0.4) is 0 Å². The number of carbonyl (C=O) groups excluding carboxylic acids is 1. The maximum atomic E-state index is 11.9. The molecule has 0 fully saturated rings. The van der Waals surface area contributed by atoms with Gasteiger partial charge in [0.1, 0.15) is 11.4 Å². The van der Waals surface area contributed by atoms with Crippen molar-refractivity contribution in [2.45, 2.75) is 13.5 Å². The smallest absolute Gasteiger partial charge is 0.210 e. The molecule has 0 atom stereocenters. The number of benzene rings is 1. The second kappa shape index (κ2) is 6.48. The molecule has 0 aliphatic carbocycles. The van der Waals surface area contributed by atoms with Gasteiger partial charge >= 0.3 is 0 Å². The zero-order valence-corrected chi connectivity index (χ0v) is 14.6. The number of anilines is 1. The van der Waals surface area contributed by atoms with Gasteiger partial charge in [0.2, 0.25) is 5.95 Å². The third-order valence-corrected chi connectivity index (χ3v) is 4.29. The van der Waals surface area contributed by atoms with E-state index in [-0.39, 0.29) is 5.78 Å². The molecule has 26 heavy (non-hydrogen) atoms. The van der Waals surface area contributed by atoms with Gasteiger partial charge in [-0.05, 0) is 23.8 Å². The SMILES string of the molecule is COc1ccnc2c1cc1cc(C(C)=O)nc(NCc3ccccc3)n12. The van der Waals surface area contributed by atoms with Crippen molar-refractivity contribution in [2.24, 2.45) is 0 Å². The number of methoxy groups -OCH3 is 1. The Morgan fingerprint density at radius 3 is 2.73 bits per heavy atom. The van der Waals surface area contributed by atoms with Crippen molar-refractivity contribution in [2.75, 3.05) is 12.4 Å². The number of fused-ring (bicyclic) bond motifs is 3. The highest BCUT2D eigenvalue weighted by Gasteiger charge is 2.15. The van der Waals surface area contributed by atoms with Crippen LogP contribution in [0.15, 0.2) is 54.7 Å². The summed E-state index contributed by atoms with van der Waals surface area (Å²) in [6, 6.07) is 15.6. The summed E-state index contributed by atoms with van der Waals surface area (Å²) in [5.74, 6) is 1.23. The zero-order valence-electron chi connectivity index (χ0n) is 14.6. The number of ketones is 1. The molecular formula is C20H18N4O2. The quantitative estimate of drug-likeness (QED) is 0.558. The van der Waals surface area contributed by atoms with Crippen LogP contribution in [0.1, 0.15) is 23.0 Å². The maximum absolute atomic E-state index is 11.9. The first kappa shape index (κ1) is 16.1. The lowest BCUT2D eigenvalue weighted by molar-refractivity contribution is 0.101. The minimum atomic E-state index is -0.0829. The van der Waals surface area contributed by atoms with E-state index in [1.807, 2.05) is 46.9 Å². The van der Waals surface area contributed by atoms with Gasteiger partial charge in [0.05, 0.1) is 18.0 Å². The fourth-order valence-electron chi connectivity index (χ4n) is 3.01. The van der Waals surface area contributed by atoms with Crippen LogP contribution in [0.25, 0.3) is 16.6 Å². The minimum absolute atomic E-state index is 0.0829. The standard InChI is InChI=1S/C20H18N4O2/c1-13(25)17-11-15-10-16-18(26-2)8-9-21-19(16)24(15)20(23-17)22-12-14-6-4-3-5-7-14/h3-11H,12H2,1-2H3,(H,22,23). The highest BCUT2D eigenvalue weighted by atomic mass is 16.5. The third-order valence-electron chi connectivity index (χ3n) is 4.29. The molecule has 0 saturated carbocycles. The molecule has 0 amide bonds. The fraction of sp³-hybridized carbons (Fsp3) is 0.150. The van der Waals surface area contributed by atoms with E-state index in [0.717, 1.165) is 27.9 Å². The van der Waals surface area contributed by atoms with Gasteiger partial charge in [-0.25, -0.2) is 9.97 Å². The molecule has 4 aromatic rings. The molecule has 130 valence electrons. The molecule has 0 saturated heterocycles. The number of nitrogens with zero attached hydrogens (tertiary/aromatic N) is 3. The van der Waals surface area contributed by atoms with E-state index >= 15 is 0 Å². The van der Waals surface area contributed by atoms with E-state index in [2.05, 4.69) is 15.3 Å². The normalized spacial score (nSPS) is 11.0. The monoisotopic (exact) mass is 346 g/mol. The summed E-state index contributed by atoms with van der Waals surface area (Å²) in [7, 11) is 1.63. The van der Waals surface area contributed by atoms with Crippen molar-refractivity contribution < 1.29 is 9.53 Å². The summed E-state index contributed by atoms with van der Waals surface area (Å²) in [5.41, 5.74) is 3.11. The van der Waals surface area contributed by atoms with Gasteiger partial charge in [-0.1, -0.05) is 30.3 Å². The average molecular weight is 346 g/mol. The van der Waals surface area contributed by atoms with Crippen molar-refractivity contribution >= 4 is 28.3 Å². The summed E-state index contributed by atoms with van der Waals surface area (Å²) < 4.78 is 7.35. The Morgan fingerprint density at radius 1 is 1.19 bits per heavy atom. The van der Waals surface area contributed by atoms with E-state index in [1.54, 1.807) is 19.4 Å². The Balaban J connectivity index is 1.89. The van der Waals surface area contributed by atoms with Gasteiger partial charge in [0.15, 0.2) is 11.4 Å². The molecule has 6 nitrogen and oxygen atoms in total. The minimum Gasteiger partial charge on any atom is -0.496 e. The van der Waals surface area contributed by atoms with Crippen LogP contribution in [-0.2, 0) is 6.54 Å². The van der Waals surface area contributed by atoms with E-state index in [1.165, 1.54) is 6.92 Å². The Bertz CT molecular complexity index is 1100. The van der Waals surface area contributed by atoms with Gasteiger partial charge < -0.3 is 10.1 Å². The molecule has 6 heteroatoms. The number of aromatic nitrogens is 3. The Kier molecular flexibility index (Phi) is 4.01. The predicted molar refractivity (Wildman–Crippen MR) is 101 cm³/mol. The van der Waals surface area contributed by atoms with Crippen LogP contribution in [-0.4, -0.2) is 27.3 Å². The molecule has 0 spiro atoms. The van der Waals surface area contributed by atoms with Crippen molar-refractivity contribution in [3.8, 4) is 5.75 Å². The first-order chi connectivity index (χ1) is 12.7. The van der Waals surface area contributed by atoms with Crippen molar-refractivity contribution in [3.05, 3.63) is 66.0 Å². The molecule has 4 rings (SSSR count). The largest absolute Gasteiger partial charge is 0.496 e. The molecule has 3 aromatic heterocycles. The number of ether oxygens (including phenoxy) is 1. The first-order valence-corrected chi connectivity index (χ1v) is 8.31. The Labute approximate surface area is 150 Å². The topological polar surface area (TPSA) is 68.5 Å². The average Bonchev–Trinajstić information content (AvgIpc) is 3.05. The number of rotatable bonds is 5. The highest BCUT2D eigenvalue weighted by Crippen LogP contribution is 2.29. The molecule has 0 aliphatic rings. The molecule has 0 radical (unpaired) electrons. The van der Waals surface area contributed by atoms with Crippen LogP contribution in [0.5, 0.6) is 5.75 Å².